The molecular weight excluding hydrogens is 294 g/mol. The zero-order chi connectivity index (χ0) is 15.1. The van der Waals surface area contributed by atoms with Crippen LogP contribution in [0.2, 0.25) is 0 Å². The molecule has 1 aromatic heterocycles. The lowest BCUT2D eigenvalue weighted by Gasteiger charge is -2.03. The van der Waals surface area contributed by atoms with Crippen LogP contribution in [-0.2, 0) is 18.8 Å². The van der Waals surface area contributed by atoms with E-state index in [0.717, 1.165) is 5.56 Å². The van der Waals surface area contributed by atoms with Crippen LogP contribution in [0.25, 0.3) is 0 Å². The van der Waals surface area contributed by atoms with Crippen molar-refractivity contribution in [2.24, 2.45) is 0 Å². The fraction of sp³-hybridized carbons (Fsp3) is 0.267. The summed E-state index contributed by atoms with van der Waals surface area (Å²) in [6, 6.07) is 12.9. The number of nitrogens with zero attached hydrogens (tertiary/aromatic N) is 1. The minimum atomic E-state index is -2.39. The number of rotatable bonds is 7. The molecule has 0 aliphatic rings. The van der Waals surface area contributed by atoms with Crippen LogP contribution in [0.5, 0.6) is 0 Å². The molecule has 21 heavy (non-hydrogen) atoms. The Morgan fingerprint density at radius 3 is 2.76 bits per heavy atom. The highest BCUT2D eigenvalue weighted by molar-refractivity contribution is 7.98. The maximum atomic E-state index is 12.1. The molecule has 0 spiro atoms. The number of furan rings is 1. The minimum absolute atomic E-state index is 0.169. The van der Waals surface area contributed by atoms with Crippen LogP contribution in [-0.4, -0.2) is 5.76 Å². The molecule has 1 N–H and O–H groups in total. The van der Waals surface area contributed by atoms with E-state index in [0.29, 0.717) is 41.9 Å². The summed E-state index contributed by atoms with van der Waals surface area (Å²) in [6.07, 6.45) is 0. The van der Waals surface area contributed by atoms with Crippen LogP contribution in [0.3, 0.4) is 0 Å². The van der Waals surface area contributed by atoms with Crippen molar-refractivity contribution in [2.75, 3.05) is 0 Å². The number of hydrogen-bond acceptors (Lipinski definition) is 4. The maximum Gasteiger partial charge on any atom is 0.284 e. The Bertz CT molecular complexity index is 622. The molecule has 0 unspecified atom stereocenters. The third-order valence-corrected chi connectivity index (χ3v) is 3.46. The van der Waals surface area contributed by atoms with Crippen molar-refractivity contribution >= 4 is 11.8 Å². The van der Waals surface area contributed by atoms with Crippen LogP contribution in [0.4, 0.5) is 8.78 Å². The average molecular weight is 308 g/mol. The van der Waals surface area contributed by atoms with Crippen molar-refractivity contribution < 1.29 is 13.2 Å². The van der Waals surface area contributed by atoms with Crippen LogP contribution in [0.1, 0.15) is 22.6 Å². The van der Waals surface area contributed by atoms with Gasteiger partial charge in [-0.05, 0) is 29.8 Å². The largest absolute Gasteiger partial charge is 0.464 e. The van der Waals surface area contributed by atoms with Crippen LogP contribution < -0.4 is 5.32 Å². The second-order valence-electron chi connectivity index (χ2n) is 4.36. The van der Waals surface area contributed by atoms with Gasteiger partial charge in [0.2, 0.25) is 0 Å². The molecule has 0 aliphatic heterocycles. The van der Waals surface area contributed by atoms with Gasteiger partial charge in [-0.15, -0.1) is 0 Å². The molecule has 0 fully saturated rings. The van der Waals surface area contributed by atoms with Gasteiger partial charge < -0.3 is 9.73 Å². The third kappa shape index (κ3) is 5.21. The van der Waals surface area contributed by atoms with Crippen molar-refractivity contribution in [3.05, 3.63) is 59.0 Å². The Morgan fingerprint density at radius 2 is 2.00 bits per heavy atom. The Kier molecular flexibility index (Phi) is 5.78. The topological polar surface area (TPSA) is 49.0 Å². The van der Waals surface area contributed by atoms with E-state index in [9.17, 15) is 8.78 Å². The van der Waals surface area contributed by atoms with Crippen LogP contribution in [0.15, 0.2) is 40.8 Å². The van der Waals surface area contributed by atoms with E-state index in [4.69, 9.17) is 9.68 Å². The predicted octanol–water partition coefficient (Wildman–Crippen LogP) is 3.90. The van der Waals surface area contributed by atoms with E-state index in [1.165, 1.54) is 0 Å². The second-order valence-corrected chi connectivity index (χ2v) is 5.33. The SMILES string of the molecule is N#Cc1cccc(CNCc2ccc(CSC(F)F)o2)c1. The molecule has 110 valence electrons. The number of halogens is 2. The van der Waals surface area contributed by atoms with Crippen LogP contribution in [0, 0.1) is 11.3 Å². The average Bonchev–Trinajstić information content (AvgIpc) is 2.93. The van der Waals surface area contributed by atoms with Gasteiger partial charge in [0.25, 0.3) is 5.76 Å². The summed E-state index contributed by atoms with van der Waals surface area (Å²) in [4.78, 5) is 0. The van der Waals surface area contributed by atoms with Gasteiger partial charge in [-0.25, -0.2) is 0 Å². The van der Waals surface area contributed by atoms with Gasteiger partial charge in [-0.3, -0.25) is 0 Å². The van der Waals surface area contributed by atoms with E-state index in [1.54, 1.807) is 18.2 Å². The molecule has 0 atom stereocenters. The minimum Gasteiger partial charge on any atom is -0.464 e. The molecule has 0 aliphatic carbocycles. The summed E-state index contributed by atoms with van der Waals surface area (Å²) in [5, 5.41) is 12.0. The fourth-order valence-corrected chi connectivity index (χ4v) is 2.27. The summed E-state index contributed by atoms with van der Waals surface area (Å²) in [5.41, 5.74) is 1.63. The highest BCUT2D eigenvalue weighted by Gasteiger charge is 2.07. The lowest BCUT2D eigenvalue weighted by molar-refractivity contribution is 0.251. The third-order valence-electron chi connectivity index (χ3n) is 2.75. The number of nitriles is 1. The van der Waals surface area contributed by atoms with Gasteiger partial charge in [0, 0.05) is 6.54 Å². The molecule has 0 saturated carbocycles. The number of alkyl halides is 2. The summed E-state index contributed by atoms with van der Waals surface area (Å²) >= 11 is 0.544. The first kappa shape index (κ1) is 15.5. The Balaban J connectivity index is 1.79. The molecular formula is C15H14F2N2OS. The summed E-state index contributed by atoms with van der Waals surface area (Å²) in [5.74, 6) is -0.967. The first-order valence-corrected chi connectivity index (χ1v) is 7.39. The summed E-state index contributed by atoms with van der Waals surface area (Å²) in [7, 11) is 0. The highest BCUT2D eigenvalue weighted by Crippen LogP contribution is 2.21. The van der Waals surface area contributed by atoms with Gasteiger partial charge in [0.1, 0.15) is 11.5 Å². The fourth-order valence-electron chi connectivity index (χ4n) is 1.82. The van der Waals surface area contributed by atoms with E-state index in [1.807, 2.05) is 18.2 Å². The number of benzene rings is 1. The first-order chi connectivity index (χ1) is 10.2. The first-order valence-electron chi connectivity index (χ1n) is 6.34. The lowest BCUT2D eigenvalue weighted by Crippen LogP contribution is -2.12. The quantitative estimate of drug-likeness (QED) is 0.843. The van der Waals surface area contributed by atoms with Gasteiger partial charge in [0.05, 0.1) is 23.9 Å². The van der Waals surface area contributed by atoms with E-state index >= 15 is 0 Å². The number of hydrogen-bond donors (Lipinski definition) is 1. The van der Waals surface area contributed by atoms with Crippen LogP contribution >= 0.6 is 11.8 Å². The standard InChI is InChI=1S/C15H14F2N2OS/c16-15(17)21-10-14-5-4-13(20-14)9-19-8-12-3-1-2-11(6-12)7-18/h1-6,15,19H,8-10H2. The molecule has 1 aromatic carbocycles. The number of thioether (sulfide) groups is 1. The van der Waals surface area contributed by atoms with Crippen molar-refractivity contribution in [1.29, 1.82) is 5.26 Å². The zero-order valence-corrected chi connectivity index (χ0v) is 12.0. The monoisotopic (exact) mass is 308 g/mol. The Labute approximate surface area is 126 Å². The summed E-state index contributed by atoms with van der Waals surface area (Å²) in [6.45, 7) is 1.12. The van der Waals surface area contributed by atoms with Gasteiger partial charge in [-0.1, -0.05) is 23.9 Å². The van der Waals surface area contributed by atoms with Gasteiger partial charge >= 0.3 is 0 Å². The molecule has 1 heterocycles. The molecule has 0 bridgehead atoms. The number of nitrogens with one attached hydrogen (secondary N) is 1. The van der Waals surface area contributed by atoms with E-state index < -0.39 is 5.76 Å². The van der Waals surface area contributed by atoms with Gasteiger partial charge in [0.15, 0.2) is 0 Å². The van der Waals surface area contributed by atoms with E-state index in [2.05, 4.69) is 11.4 Å². The maximum absolute atomic E-state index is 12.1. The predicted molar refractivity (Wildman–Crippen MR) is 77.7 cm³/mol. The van der Waals surface area contributed by atoms with Crippen molar-refractivity contribution in [3.8, 4) is 6.07 Å². The molecule has 3 nitrogen and oxygen atoms in total. The molecule has 6 heteroatoms. The summed E-state index contributed by atoms with van der Waals surface area (Å²) < 4.78 is 29.6. The highest BCUT2D eigenvalue weighted by atomic mass is 32.2. The van der Waals surface area contributed by atoms with Crippen molar-refractivity contribution in [2.45, 2.75) is 24.6 Å². The Hall–Kier alpha value is -1.84. The normalized spacial score (nSPS) is 10.8. The van der Waals surface area contributed by atoms with Crippen molar-refractivity contribution in [3.63, 3.8) is 0 Å². The molecule has 0 radical (unpaired) electrons. The molecule has 2 aromatic rings. The van der Waals surface area contributed by atoms with E-state index in [-0.39, 0.29) is 5.75 Å². The smallest absolute Gasteiger partial charge is 0.284 e. The zero-order valence-electron chi connectivity index (χ0n) is 11.2. The molecule has 2 rings (SSSR count). The van der Waals surface area contributed by atoms with Gasteiger partial charge in [-0.2, -0.15) is 14.0 Å². The second kappa shape index (κ2) is 7.81. The molecule has 0 saturated heterocycles. The Morgan fingerprint density at radius 1 is 1.19 bits per heavy atom. The lowest BCUT2D eigenvalue weighted by atomic mass is 10.1. The van der Waals surface area contributed by atoms with Crippen molar-refractivity contribution in [1.82, 2.24) is 5.32 Å². The molecule has 0 amide bonds.